The Morgan fingerprint density at radius 2 is 2.10 bits per heavy atom. The van der Waals surface area contributed by atoms with Crippen molar-refractivity contribution < 1.29 is 13.3 Å². The van der Waals surface area contributed by atoms with Crippen molar-refractivity contribution in [3.8, 4) is 0 Å². The van der Waals surface area contributed by atoms with Crippen LogP contribution < -0.4 is 10.5 Å². The first kappa shape index (κ1) is 15.2. The van der Waals surface area contributed by atoms with Crippen LogP contribution in [0, 0.1) is 10.1 Å². The van der Waals surface area contributed by atoms with Crippen molar-refractivity contribution in [1.82, 2.24) is 4.72 Å². The van der Waals surface area contributed by atoms with Gasteiger partial charge in [-0.1, -0.05) is 18.0 Å². The number of rotatable bonds is 4. The molecule has 3 N–H and O–H groups in total. The Hall–Kier alpha value is -1.22. The number of hydrogen-bond donors (Lipinski definition) is 2. The minimum atomic E-state index is -4.00. The fraction of sp³-hybridized carbons (Fsp3) is 0.455. The first-order valence-electron chi connectivity index (χ1n) is 6.03. The first-order valence-corrected chi connectivity index (χ1v) is 7.89. The second kappa shape index (κ2) is 5.65. The molecule has 1 aliphatic rings. The van der Waals surface area contributed by atoms with Crippen molar-refractivity contribution in [3.05, 3.63) is 33.3 Å². The first-order chi connectivity index (χ1) is 9.31. The Morgan fingerprint density at radius 1 is 1.40 bits per heavy atom. The average molecular weight is 320 g/mol. The minimum absolute atomic E-state index is 0.105. The summed E-state index contributed by atoms with van der Waals surface area (Å²) in [6, 6.07) is 2.79. The number of sulfonamides is 1. The lowest BCUT2D eigenvalue weighted by Crippen LogP contribution is -2.43. The predicted octanol–water partition coefficient (Wildman–Crippen LogP) is 1.41. The molecule has 1 aromatic rings. The van der Waals surface area contributed by atoms with Gasteiger partial charge in [-0.25, -0.2) is 13.1 Å². The van der Waals surface area contributed by atoms with Gasteiger partial charge in [0.05, 0.1) is 4.92 Å². The van der Waals surface area contributed by atoms with E-state index in [1.165, 1.54) is 6.07 Å². The van der Waals surface area contributed by atoms with E-state index in [1.807, 2.05) is 0 Å². The van der Waals surface area contributed by atoms with Gasteiger partial charge in [-0.2, -0.15) is 0 Å². The van der Waals surface area contributed by atoms with Gasteiger partial charge in [0.15, 0.2) is 4.90 Å². The number of hydrogen-bond acceptors (Lipinski definition) is 5. The third kappa shape index (κ3) is 3.09. The SMILES string of the molecule is NC1CCCC1NS(=O)(=O)c1ccc(Cl)cc1[N+](=O)[O-]. The number of nitro benzene ring substituents is 1. The van der Waals surface area contributed by atoms with Crippen LogP contribution in [0.5, 0.6) is 0 Å². The minimum Gasteiger partial charge on any atom is -0.326 e. The largest absolute Gasteiger partial charge is 0.326 e. The van der Waals surface area contributed by atoms with Gasteiger partial charge in [0.1, 0.15) is 0 Å². The molecule has 2 atom stereocenters. The molecular formula is C11H14ClN3O4S. The number of nitrogens with one attached hydrogen (secondary N) is 1. The van der Waals surface area contributed by atoms with Crippen LogP contribution in [0.4, 0.5) is 5.69 Å². The maximum Gasteiger partial charge on any atom is 0.290 e. The van der Waals surface area contributed by atoms with Gasteiger partial charge in [0.2, 0.25) is 10.0 Å². The fourth-order valence-electron chi connectivity index (χ4n) is 2.26. The summed E-state index contributed by atoms with van der Waals surface area (Å²) in [5.41, 5.74) is 5.26. The van der Waals surface area contributed by atoms with Crippen LogP contribution in [0.3, 0.4) is 0 Å². The van der Waals surface area contributed by atoms with Crippen LogP contribution in [0.15, 0.2) is 23.1 Å². The maximum atomic E-state index is 12.3. The van der Waals surface area contributed by atoms with Gasteiger partial charge in [-0.3, -0.25) is 10.1 Å². The molecule has 2 unspecified atom stereocenters. The molecule has 1 aromatic carbocycles. The summed E-state index contributed by atoms with van der Waals surface area (Å²) < 4.78 is 26.9. The lowest BCUT2D eigenvalue weighted by atomic mass is 10.2. The van der Waals surface area contributed by atoms with Crippen molar-refractivity contribution in [2.75, 3.05) is 0 Å². The van der Waals surface area contributed by atoms with Gasteiger partial charge in [-0.15, -0.1) is 0 Å². The van der Waals surface area contributed by atoms with Crippen molar-refractivity contribution >= 4 is 27.3 Å². The maximum absolute atomic E-state index is 12.3. The summed E-state index contributed by atoms with van der Waals surface area (Å²) in [6.45, 7) is 0. The molecule has 1 fully saturated rings. The Labute approximate surface area is 121 Å². The zero-order chi connectivity index (χ0) is 14.9. The molecule has 9 heteroatoms. The Bertz CT molecular complexity index is 635. The van der Waals surface area contributed by atoms with Gasteiger partial charge in [-0.05, 0) is 25.0 Å². The monoisotopic (exact) mass is 319 g/mol. The van der Waals surface area contributed by atoms with Gasteiger partial charge < -0.3 is 5.73 Å². The third-order valence-electron chi connectivity index (χ3n) is 3.28. The standard InChI is InChI=1S/C11H14ClN3O4S/c12-7-4-5-11(10(6-7)15(16)17)20(18,19)14-9-3-1-2-8(9)13/h4-6,8-9,14H,1-3,13H2. The van der Waals surface area contributed by atoms with Crippen LogP contribution in [0.2, 0.25) is 5.02 Å². The fourth-order valence-corrected chi connectivity index (χ4v) is 3.90. The highest BCUT2D eigenvalue weighted by Gasteiger charge is 2.32. The van der Waals surface area contributed by atoms with Gasteiger partial charge in [0, 0.05) is 23.2 Å². The Morgan fingerprint density at radius 3 is 2.65 bits per heavy atom. The summed E-state index contributed by atoms with van der Waals surface area (Å²) in [6.07, 6.45) is 2.19. The summed E-state index contributed by atoms with van der Waals surface area (Å²) in [4.78, 5) is 9.79. The van der Waals surface area contributed by atoms with Crippen LogP contribution >= 0.6 is 11.6 Å². The Kier molecular flexibility index (Phi) is 4.28. The lowest BCUT2D eigenvalue weighted by molar-refractivity contribution is -0.387. The normalized spacial score (nSPS) is 22.9. The second-order valence-corrected chi connectivity index (χ2v) is 6.81. The molecule has 0 radical (unpaired) electrons. The summed E-state index contributed by atoms with van der Waals surface area (Å²) in [5.74, 6) is 0. The van der Waals surface area contributed by atoms with E-state index in [4.69, 9.17) is 17.3 Å². The molecule has 2 rings (SSSR count). The van der Waals surface area contributed by atoms with Crippen LogP contribution in [-0.4, -0.2) is 25.4 Å². The molecule has 0 aromatic heterocycles. The average Bonchev–Trinajstić information content (AvgIpc) is 2.74. The summed E-state index contributed by atoms with van der Waals surface area (Å²) >= 11 is 5.66. The zero-order valence-corrected chi connectivity index (χ0v) is 12.0. The number of nitrogens with two attached hydrogens (primary N) is 1. The molecule has 0 heterocycles. The second-order valence-electron chi connectivity index (χ2n) is 4.69. The van der Waals surface area contributed by atoms with Crippen molar-refractivity contribution in [3.63, 3.8) is 0 Å². The van der Waals surface area contributed by atoms with Crippen molar-refractivity contribution in [1.29, 1.82) is 0 Å². The van der Waals surface area contributed by atoms with E-state index in [2.05, 4.69) is 4.72 Å². The highest BCUT2D eigenvalue weighted by molar-refractivity contribution is 7.89. The molecule has 1 saturated carbocycles. The third-order valence-corrected chi connectivity index (χ3v) is 5.06. The van der Waals surface area contributed by atoms with Crippen LogP contribution in [0.25, 0.3) is 0 Å². The molecule has 0 aliphatic heterocycles. The van der Waals surface area contributed by atoms with E-state index >= 15 is 0 Å². The molecule has 20 heavy (non-hydrogen) atoms. The molecule has 7 nitrogen and oxygen atoms in total. The van der Waals surface area contributed by atoms with Crippen LogP contribution in [0.1, 0.15) is 19.3 Å². The van der Waals surface area contributed by atoms with E-state index in [1.54, 1.807) is 0 Å². The number of halogens is 1. The highest BCUT2D eigenvalue weighted by atomic mass is 35.5. The van der Waals surface area contributed by atoms with E-state index in [0.717, 1.165) is 25.0 Å². The van der Waals surface area contributed by atoms with Crippen molar-refractivity contribution in [2.45, 2.75) is 36.2 Å². The van der Waals surface area contributed by atoms with Crippen LogP contribution in [-0.2, 0) is 10.0 Å². The molecule has 1 aliphatic carbocycles. The highest BCUT2D eigenvalue weighted by Crippen LogP contribution is 2.28. The number of benzene rings is 1. The summed E-state index contributed by atoms with van der Waals surface area (Å²) in [7, 11) is -4.00. The quantitative estimate of drug-likeness (QED) is 0.643. The van der Waals surface area contributed by atoms with E-state index in [-0.39, 0.29) is 11.1 Å². The molecule has 0 amide bonds. The van der Waals surface area contributed by atoms with E-state index in [0.29, 0.717) is 6.42 Å². The summed E-state index contributed by atoms with van der Waals surface area (Å²) in [5, 5.41) is 11.1. The topological polar surface area (TPSA) is 115 Å². The number of nitrogens with zero attached hydrogens (tertiary/aromatic N) is 1. The zero-order valence-electron chi connectivity index (χ0n) is 10.5. The molecule has 0 bridgehead atoms. The molecular weight excluding hydrogens is 306 g/mol. The molecule has 0 saturated heterocycles. The molecule has 110 valence electrons. The van der Waals surface area contributed by atoms with Gasteiger partial charge >= 0.3 is 0 Å². The predicted molar refractivity (Wildman–Crippen MR) is 74.0 cm³/mol. The van der Waals surface area contributed by atoms with E-state index in [9.17, 15) is 18.5 Å². The lowest BCUT2D eigenvalue weighted by Gasteiger charge is -2.17. The smallest absolute Gasteiger partial charge is 0.290 e. The number of nitro groups is 1. The molecule has 0 spiro atoms. The van der Waals surface area contributed by atoms with E-state index < -0.39 is 31.6 Å². The Balaban J connectivity index is 2.36. The van der Waals surface area contributed by atoms with Crippen molar-refractivity contribution in [2.24, 2.45) is 5.73 Å². The van der Waals surface area contributed by atoms with Gasteiger partial charge in [0.25, 0.3) is 5.69 Å².